The van der Waals surface area contributed by atoms with Gasteiger partial charge in [0.25, 0.3) is 0 Å². The second kappa shape index (κ2) is 7.69. The van der Waals surface area contributed by atoms with E-state index in [-0.39, 0.29) is 5.91 Å². The van der Waals surface area contributed by atoms with Crippen LogP contribution in [0.3, 0.4) is 0 Å². The van der Waals surface area contributed by atoms with Crippen LogP contribution in [0.1, 0.15) is 6.42 Å². The number of hydrogen-bond donors (Lipinski definition) is 1. The molecule has 21 heavy (non-hydrogen) atoms. The van der Waals surface area contributed by atoms with Crippen LogP contribution in [0, 0.1) is 0 Å². The molecule has 0 radical (unpaired) electrons. The number of benzene rings is 2. The molecule has 0 bridgehead atoms. The Morgan fingerprint density at radius 3 is 2.29 bits per heavy atom. The molecule has 0 aliphatic rings. The van der Waals surface area contributed by atoms with Crippen LogP contribution in [0.4, 0.5) is 5.69 Å². The molecule has 0 saturated carbocycles. The lowest BCUT2D eigenvalue weighted by Crippen LogP contribution is -2.15. The minimum Gasteiger partial charge on any atom is -0.497 e. The van der Waals surface area contributed by atoms with E-state index in [1.807, 2.05) is 48.5 Å². The van der Waals surface area contributed by atoms with Gasteiger partial charge in [-0.3, -0.25) is 4.79 Å². The predicted octanol–water partition coefficient (Wildman–Crippen LogP) is 3.87. The Kier molecular flexibility index (Phi) is 5.63. The van der Waals surface area contributed by atoms with E-state index in [9.17, 15) is 4.79 Å². The molecule has 0 aliphatic heterocycles. The number of carbonyl (C=O) groups excluding carboxylic acids is 1. The van der Waals surface area contributed by atoms with Crippen LogP contribution in [-0.4, -0.2) is 19.6 Å². The first-order valence-corrected chi connectivity index (χ1v) is 7.29. The fraction of sp³-hybridized carbons (Fsp3) is 0.188. The van der Waals surface area contributed by atoms with Crippen molar-refractivity contribution < 1.29 is 14.3 Å². The highest BCUT2D eigenvalue weighted by Gasteiger charge is 2.03. The van der Waals surface area contributed by atoms with Crippen LogP contribution in [0.15, 0.2) is 53.0 Å². The summed E-state index contributed by atoms with van der Waals surface area (Å²) in [5.41, 5.74) is 0.771. The minimum atomic E-state index is -0.0779. The standard InChI is InChI=1S/C16H16BrNO3/c1-20-14-6-8-15(9-7-14)21-11-10-16(19)18-13-4-2-12(17)3-5-13/h2-9H,10-11H2,1H3,(H,18,19). The molecule has 0 aromatic heterocycles. The monoisotopic (exact) mass is 349 g/mol. The zero-order valence-electron chi connectivity index (χ0n) is 11.6. The van der Waals surface area contributed by atoms with Gasteiger partial charge in [-0.2, -0.15) is 0 Å². The molecular weight excluding hydrogens is 334 g/mol. The normalized spacial score (nSPS) is 10.0. The molecule has 4 nitrogen and oxygen atoms in total. The summed E-state index contributed by atoms with van der Waals surface area (Å²) < 4.78 is 11.5. The fourth-order valence-corrected chi connectivity index (χ4v) is 1.95. The summed E-state index contributed by atoms with van der Waals surface area (Å²) in [7, 11) is 1.61. The summed E-state index contributed by atoms with van der Waals surface area (Å²) in [5.74, 6) is 1.41. The number of carbonyl (C=O) groups is 1. The third-order valence-corrected chi connectivity index (χ3v) is 3.31. The van der Waals surface area contributed by atoms with Crippen molar-refractivity contribution >= 4 is 27.5 Å². The molecule has 0 aliphatic carbocycles. The molecule has 2 rings (SSSR count). The van der Waals surface area contributed by atoms with E-state index < -0.39 is 0 Å². The van der Waals surface area contributed by atoms with Gasteiger partial charge in [0.05, 0.1) is 20.1 Å². The van der Waals surface area contributed by atoms with Gasteiger partial charge >= 0.3 is 0 Å². The van der Waals surface area contributed by atoms with Crippen molar-refractivity contribution in [3.8, 4) is 11.5 Å². The van der Waals surface area contributed by atoms with Gasteiger partial charge in [-0.05, 0) is 48.5 Å². The molecule has 5 heteroatoms. The zero-order chi connectivity index (χ0) is 15.1. The number of hydrogen-bond acceptors (Lipinski definition) is 3. The molecular formula is C16H16BrNO3. The molecule has 0 fully saturated rings. The quantitative estimate of drug-likeness (QED) is 0.861. The summed E-state index contributed by atoms with van der Waals surface area (Å²) in [4.78, 5) is 11.8. The van der Waals surface area contributed by atoms with Crippen LogP contribution in [-0.2, 0) is 4.79 Å². The molecule has 0 heterocycles. The average molecular weight is 350 g/mol. The molecule has 1 amide bonds. The SMILES string of the molecule is COc1ccc(OCCC(=O)Nc2ccc(Br)cc2)cc1. The number of ether oxygens (including phenoxy) is 2. The van der Waals surface area contributed by atoms with Gasteiger partial charge in [-0.15, -0.1) is 0 Å². The Morgan fingerprint density at radius 2 is 1.67 bits per heavy atom. The smallest absolute Gasteiger partial charge is 0.227 e. The number of anilines is 1. The molecule has 0 atom stereocenters. The Balaban J connectivity index is 1.74. The Hall–Kier alpha value is -2.01. The van der Waals surface area contributed by atoms with Crippen molar-refractivity contribution in [3.63, 3.8) is 0 Å². The topological polar surface area (TPSA) is 47.6 Å². The van der Waals surface area contributed by atoms with Gasteiger partial charge in [0.2, 0.25) is 5.91 Å². The van der Waals surface area contributed by atoms with Crippen LogP contribution >= 0.6 is 15.9 Å². The van der Waals surface area contributed by atoms with E-state index in [2.05, 4.69) is 21.2 Å². The average Bonchev–Trinajstić information content (AvgIpc) is 2.50. The Morgan fingerprint density at radius 1 is 1.05 bits per heavy atom. The maximum atomic E-state index is 11.8. The third kappa shape index (κ3) is 5.11. The van der Waals surface area contributed by atoms with Gasteiger partial charge in [0.1, 0.15) is 11.5 Å². The molecule has 0 spiro atoms. The van der Waals surface area contributed by atoms with E-state index >= 15 is 0 Å². The van der Waals surface area contributed by atoms with Gasteiger partial charge < -0.3 is 14.8 Å². The van der Waals surface area contributed by atoms with Crippen LogP contribution < -0.4 is 14.8 Å². The second-order valence-electron chi connectivity index (χ2n) is 4.33. The van der Waals surface area contributed by atoms with Crippen molar-refractivity contribution in [1.82, 2.24) is 0 Å². The number of amides is 1. The minimum absolute atomic E-state index is 0.0779. The van der Waals surface area contributed by atoms with Crippen LogP contribution in [0.5, 0.6) is 11.5 Å². The number of halogens is 1. The largest absolute Gasteiger partial charge is 0.497 e. The number of methoxy groups -OCH3 is 1. The lowest BCUT2D eigenvalue weighted by Gasteiger charge is -2.08. The summed E-state index contributed by atoms with van der Waals surface area (Å²) in [6.45, 7) is 0.328. The van der Waals surface area contributed by atoms with Crippen molar-refractivity contribution in [2.24, 2.45) is 0 Å². The van der Waals surface area contributed by atoms with Crippen LogP contribution in [0.25, 0.3) is 0 Å². The fourth-order valence-electron chi connectivity index (χ4n) is 1.69. The van der Waals surface area contributed by atoms with E-state index in [1.165, 1.54) is 0 Å². The van der Waals surface area contributed by atoms with E-state index in [0.29, 0.717) is 18.8 Å². The van der Waals surface area contributed by atoms with Gasteiger partial charge in [0, 0.05) is 10.2 Å². The molecule has 110 valence electrons. The van der Waals surface area contributed by atoms with Crippen molar-refractivity contribution in [2.75, 3.05) is 19.0 Å². The summed E-state index contributed by atoms with van der Waals surface area (Å²) in [5, 5.41) is 2.81. The first-order valence-electron chi connectivity index (χ1n) is 6.49. The molecule has 0 unspecified atom stereocenters. The maximum Gasteiger partial charge on any atom is 0.227 e. The van der Waals surface area contributed by atoms with Gasteiger partial charge in [-0.25, -0.2) is 0 Å². The predicted molar refractivity (Wildman–Crippen MR) is 85.9 cm³/mol. The van der Waals surface area contributed by atoms with E-state index in [4.69, 9.17) is 9.47 Å². The highest BCUT2D eigenvalue weighted by Crippen LogP contribution is 2.17. The second-order valence-corrected chi connectivity index (χ2v) is 5.24. The first-order chi connectivity index (χ1) is 10.2. The molecule has 1 N–H and O–H groups in total. The third-order valence-electron chi connectivity index (χ3n) is 2.79. The van der Waals surface area contributed by atoms with Crippen molar-refractivity contribution in [1.29, 1.82) is 0 Å². The first kappa shape index (κ1) is 15.4. The molecule has 0 saturated heterocycles. The summed E-state index contributed by atoms with van der Waals surface area (Å²) >= 11 is 3.35. The van der Waals surface area contributed by atoms with E-state index in [1.54, 1.807) is 7.11 Å². The number of rotatable bonds is 6. The van der Waals surface area contributed by atoms with E-state index in [0.717, 1.165) is 15.9 Å². The molecule has 2 aromatic rings. The Labute approximate surface area is 132 Å². The lowest BCUT2D eigenvalue weighted by molar-refractivity contribution is -0.116. The lowest BCUT2D eigenvalue weighted by atomic mass is 10.3. The van der Waals surface area contributed by atoms with Gasteiger partial charge in [0.15, 0.2) is 0 Å². The summed E-state index contributed by atoms with van der Waals surface area (Å²) in [6.07, 6.45) is 0.294. The Bertz CT molecular complexity index is 581. The molecule has 2 aromatic carbocycles. The number of nitrogens with one attached hydrogen (secondary N) is 1. The van der Waals surface area contributed by atoms with Crippen LogP contribution in [0.2, 0.25) is 0 Å². The van der Waals surface area contributed by atoms with Crippen molar-refractivity contribution in [2.45, 2.75) is 6.42 Å². The zero-order valence-corrected chi connectivity index (χ0v) is 13.2. The summed E-state index contributed by atoms with van der Waals surface area (Å²) in [6, 6.07) is 14.7. The highest BCUT2D eigenvalue weighted by molar-refractivity contribution is 9.10. The van der Waals surface area contributed by atoms with Gasteiger partial charge in [-0.1, -0.05) is 15.9 Å². The maximum absolute atomic E-state index is 11.8. The van der Waals surface area contributed by atoms with Crippen molar-refractivity contribution in [3.05, 3.63) is 53.0 Å². The highest BCUT2D eigenvalue weighted by atomic mass is 79.9.